The molecule has 4 heteroatoms. The van der Waals surface area contributed by atoms with Crippen molar-refractivity contribution in [1.29, 1.82) is 5.26 Å². The van der Waals surface area contributed by atoms with E-state index in [-0.39, 0.29) is 11.1 Å². The minimum Gasteiger partial charge on any atom is -0.497 e. The van der Waals surface area contributed by atoms with Gasteiger partial charge in [-0.05, 0) is 42.5 Å². The van der Waals surface area contributed by atoms with Crippen molar-refractivity contribution in [2.24, 2.45) is 0 Å². The Morgan fingerprint density at radius 1 is 1.25 bits per heavy atom. The normalized spacial score (nSPS) is 12.8. The number of aryl methyl sites for hydroxylation is 1. The van der Waals surface area contributed by atoms with Crippen LogP contribution >= 0.6 is 0 Å². The maximum atomic E-state index is 12.0. The Kier molecular flexibility index (Phi) is 3.03. The lowest BCUT2D eigenvalue weighted by molar-refractivity contribution is 0.415. The average molecular weight is 266 g/mol. The first-order valence-corrected chi connectivity index (χ1v) is 6.57. The molecule has 0 fully saturated rings. The second kappa shape index (κ2) is 4.86. The van der Waals surface area contributed by atoms with Crippen molar-refractivity contribution in [3.05, 3.63) is 51.4 Å². The van der Waals surface area contributed by atoms with Crippen LogP contribution in [0.1, 0.15) is 23.2 Å². The third kappa shape index (κ3) is 1.88. The standard InChI is InChI=1S/C16H14N2O2/c1-20-11-7-5-10(6-8-11)15-12-3-2-4-14(12)18-16(19)13(15)9-17/h5-8H,2-4H2,1H3,(H,18,19). The molecule has 1 aliphatic carbocycles. The van der Waals surface area contributed by atoms with Gasteiger partial charge >= 0.3 is 0 Å². The Balaban J connectivity index is 2.26. The smallest absolute Gasteiger partial charge is 0.266 e. The highest BCUT2D eigenvalue weighted by atomic mass is 16.5. The van der Waals surface area contributed by atoms with Crippen LogP contribution < -0.4 is 10.3 Å². The summed E-state index contributed by atoms with van der Waals surface area (Å²) in [5, 5.41) is 9.30. The van der Waals surface area contributed by atoms with E-state index in [2.05, 4.69) is 4.98 Å². The molecule has 1 aromatic heterocycles. The van der Waals surface area contributed by atoms with E-state index in [1.54, 1.807) is 7.11 Å². The SMILES string of the molecule is COc1ccc(-c2c3c([nH]c(=O)c2C#N)CCC3)cc1. The van der Waals surface area contributed by atoms with Crippen molar-refractivity contribution in [2.45, 2.75) is 19.3 Å². The predicted molar refractivity (Wildman–Crippen MR) is 75.8 cm³/mol. The van der Waals surface area contributed by atoms with Crippen molar-refractivity contribution in [2.75, 3.05) is 7.11 Å². The Morgan fingerprint density at radius 2 is 2.00 bits per heavy atom. The second-order valence-electron chi connectivity index (χ2n) is 4.86. The molecule has 2 aromatic rings. The first-order valence-electron chi connectivity index (χ1n) is 6.57. The molecule has 0 saturated heterocycles. The molecule has 0 unspecified atom stereocenters. The summed E-state index contributed by atoms with van der Waals surface area (Å²) in [6.45, 7) is 0. The fraction of sp³-hybridized carbons (Fsp3) is 0.250. The Bertz CT molecular complexity index is 752. The molecule has 0 radical (unpaired) electrons. The van der Waals surface area contributed by atoms with Gasteiger partial charge in [0.1, 0.15) is 17.4 Å². The molecule has 100 valence electrons. The van der Waals surface area contributed by atoms with Gasteiger partial charge in [0.15, 0.2) is 0 Å². The summed E-state index contributed by atoms with van der Waals surface area (Å²) >= 11 is 0. The lowest BCUT2D eigenvalue weighted by Gasteiger charge is -2.11. The van der Waals surface area contributed by atoms with Crippen LogP contribution in [0.15, 0.2) is 29.1 Å². The van der Waals surface area contributed by atoms with Crippen LogP contribution in [0.3, 0.4) is 0 Å². The molecule has 0 bridgehead atoms. The summed E-state index contributed by atoms with van der Waals surface area (Å²) in [6.07, 6.45) is 2.80. The van der Waals surface area contributed by atoms with Crippen LogP contribution in [-0.2, 0) is 12.8 Å². The molecule has 3 rings (SSSR count). The Morgan fingerprint density at radius 3 is 2.65 bits per heavy atom. The first-order chi connectivity index (χ1) is 9.74. The van der Waals surface area contributed by atoms with Crippen molar-refractivity contribution in [3.63, 3.8) is 0 Å². The number of rotatable bonds is 2. The van der Waals surface area contributed by atoms with E-state index < -0.39 is 0 Å². The average Bonchev–Trinajstić information content (AvgIpc) is 2.93. The van der Waals surface area contributed by atoms with Crippen LogP contribution in [-0.4, -0.2) is 12.1 Å². The molecule has 0 amide bonds. The zero-order valence-electron chi connectivity index (χ0n) is 11.2. The van der Waals surface area contributed by atoms with Crippen molar-refractivity contribution >= 4 is 0 Å². The van der Waals surface area contributed by atoms with E-state index in [0.717, 1.165) is 47.4 Å². The molecule has 1 heterocycles. The van der Waals surface area contributed by atoms with Gasteiger partial charge < -0.3 is 9.72 Å². The lowest BCUT2D eigenvalue weighted by atomic mass is 9.95. The van der Waals surface area contributed by atoms with E-state index in [9.17, 15) is 10.1 Å². The van der Waals surface area contributed by atoms with Crippen molar-refractivity contribution in [3.8, 4) is 22.9 Å². The van der Waals surface area contributed by atoms with Crippen LogP contribution in [0.5, 0.6) is 5.75 Å². The minimum absolute atomic E-state index is 0.204. The van der Waals surface area contributed by atoms with Gasteiger partial charge in [-0.3, -0.25) is 4.79 Å². The molecule has 4 nitrogen and oxygen atoms in total. The molecule has 1 aromatic carbocycles. The third-order valence-electron chi connectivity index (χ3n) is 3.75. The van der Waals surface area contributed by atoms with E-state index in [1.165, 1.54) is 0 Å². The van der Waals surface area contributed by atoms with Gasteiger partial charge in [-0.1, -0.05) is 12.1 Å². The second-order valence-corrected chi connectivity index (χ2v) is 4.86. The Labute approximate surface area is 116 Å². The highest BCUT2D eigenvalue weighted by Crippen LogP contribution is 2.33. The van der Waals surface area contributed by atoms with E-state index in [1.807, 2.05) is 30.3 Å². The maximum absolute atomic E-state index is 12.0. The van der Waals surface area contributed by atoms with E-state index in [4.69, 9.17) is 4.74 Å². The van der Waals surface area contributed by atoms with Gasteiger partial charge in [0.05, 0.1) is 7.11 Å². The summed E-state index contributed by atoms with van der Waals surface area (Å²) in [4.78, 5) is 14.9. The van der Waals surface area contributed by atoms with Crippen molar-refractivity contribution in [1.82, 2.24) is 4.98 Å². The summed E-state index contributed by atoms with van der Waals surface area (Å²) < 4.78 is 5.15. The number of nitrogens with zero attached hydrogens (tertiary/aromatic N) is 1. The minimum atomic E-state index is -0.293. The van der Waals surface area contributed by atoms with Crippen molar-refractivity contribution < 1.29 is 4.74 Å². The summed E-state index contributed by atoms with van der Waals surface area (Å²) in [5.74, 6) is 0.758. The highest BCUT2D eigenvalue weighted by molar-refractivity contribution is 5.75. The van der Waals surface area contributed by atoms with Crippen LogP contribution in [0.2, 0.25) is 0 Å². The lowest BCUT2D eigenvalue weighted by Crippen LogP contribution is -2.15. The number of ether oxygens (including phenoxy) is 1. The number of H-pyrrole nitrogens is 1. The van der Waals surface area contributed by atoms with Gasteiger partial charge in [0.25, 0.3) is 5.56 Å². The molecular weight excluding hydrogens is 252 g/mol. The van der Waals surface area contributed by atoms with Crippen LogP contribution in [0, 0.1) is 11.3 Å². The summed E-state index contributed by atoms with van der Waals surface area (Å²) in [6, 6.07) is 9.53. The molecular formula is C16H14N2O2. The zero-order valence-corrected chi connectivity index (χ0v) is 11.2. The highest BCUT2D eigenvalue weighted by Gasteiger charge is 2.22. The molecule has 20 heavy (non-hydrogen) atoms. The molecule has 0 atom stereocenters. The van der Waals surface area contributed by atoms with Gasteiger partial charge in [0, 0.05) is 11.3 Å². The first kappa shape index (κ1) is 12.5. The van der Waals surface area contributed by atoms with Gasteiger partial charge in [-0.2, -0.15) is 5.26 Å². The summed E-state index contributed by atoms with van der Waals surface area (Å²) in [5.41, 5.74) is 3.67. The van der Waals surface area contributed by atoms with E-state index >= 15 is 0 Å². The number of nitrogens with one attached hydrogen (secondary N) is 1. The molecule has 1 aliphatic rings. The van der Waals surface area contributed by atoms with Crippen LogP contribution in [0.4, 0.5) is 0 Å². The Hall–Kier alpha value is -2.54. The fourth-order valence-electron chi connectivity index (χ4n) is 2.80. The molecule has 0 aliphatic heterocycles. The quantitative estimate of drug-likeness (QED) is 0.907. The topological polar surface area (TPSA) is 65.9 Å². The van der Waals surface area contributed by atoms with Gasteiger partial charge in [-0.25, -0.2) is 0 Å². The number of aromatic amines is 1. The number of aromatic nitrogens is 1. The van der Waals surface area contributed by atoms with Gasteiger partial charge in [-0.15, -0.1) is 0 Å². The monoisotopic (exact) mass is 266 g/mol. The predicted octanol–water partition coefficient (Wildman–Crippen LogP) is 2.41. The number of hydrogen-bond acceptors (Lipinski definition) is 3. The molecule has 0 spiro atoms. The third-order valence-corrected chi connectivity index (χ3v) is 3.75. The summed E-state index contributed by atoms with van der Waals surface area (Å²) in [7, 11) is 1.61. The van der Waals surface area contributed by atoms with E-state index in [0.29, 0.717) is 0 Å². The molecule has 0 saturated carbocycles. The largest absolute Gasteiger partial charge is 0.497 e. The number of hydrogen-bond donors (Lipinski definition) is 1. The maximum Gasteiger partial charge on any atom is 0.266 e. The number of pyridine rings is 1. The zero-order chi connectivity index (χ0) is 14.1. The van der Waals surface area contributed by atoms with Gasteiger partial charge in [0.2, 0.25) is 0 Å². The number of methoxy groups -OCH3 is 1. The van der Waals surface area contributed by atoms with Crippen LogP contribution in [0.25, 0.3) is 11.1 Å². The molecule has 1 N–H and O–H groups in total. The number of benzene rings is 1. The number of fused-ring (bicyclic) bond motifs is 1. The fourth-order valence-corrected chi connectivity index (χ4v) is 2.80. The number of nitriles is 1.